The van der Waals surface area contributed by atoms with Gasteiger partial charge in [-0.25, -0.2) is 0 Å². The normalized spacial score (nSPS) is 40.0. The first-order chi connectivity index (χ1) is 15.1. The highest BCUT2D eigenvalue weighted by atomic mass is 16.8. The standard InChI is InChI=1S/C18H30O14/c1-27-5-7-11(21)13(23)15(25)17(30-7)32-18-16(26)14(24)12(22)8(31-18)6-29-10(20)4-3-9(19)28-2/h7-8,11-18,21-26H,3-6H2,1-2H3/t7-,8-,11-,12-,13+,14+,15-,16-,17-,18-/m1/s1. The van der Waals surface area contributed by atoms with Gasteiger partial charge in [0.15, 0.2) is 12.6 Å². The van der Waals surface area contributed by atoms with Crippen LogP contribution in [0.2, 0.25) is 0 Å². The van der Waals surface area contributed by atoms with E-state index < -0.39 is 80.0 Å². The summed E-state index contributed by atoms with van der Waals surface area (Å²) in [4.78, 5) is 22.8. The molecule has 0 saturated carbocycles. The van der Waals surface area contributed by atoms with Crippen LogP contribution in [-0.2, 0) is 38.0 Å². The highest BCUT2D eigenvalue weighted by Gasteiger charge is 2.50. The van der Waals surface area contributed by atoms with E-state index in [1.807, 2.05) is 0 Å². The van der Waals surface area contributed by atoms with E-state index in [0.29, 0.717) is 0 Å². The first kappa shape index (κ1) is 26.8. The summed E-state index contributed by atoms with van der Waals surface area (Å²) in [5, 5.41) is 60.5. The van der Waals surface area contributed by atoms with Crippen LogP contribution in [0, 0.1) is 0 Å². The predicted octanol–water partition coefficient (Wildman–Crippen LogP) is -4.24. The Bertz CT molecular complexity index is 616. The molecular formula is C18H30O14. The van der Waals surface area contributed by atoms with Crippen molar-refractivity contribution in [2.75, 3.05) is 27.4 Å². The molecule has 2 aliphatic heterocycles. The molecular weight excluding hydrogens is 440 g/mol. The molecule has 2 aliphatic rings. The molecule has 6 N–H and O–H groups in total. The Morgan fingerprint density at radius 3 is 1.62 bits per heavy atom. The summed E-state index contributed by atoms with van der Waals surface area (Å²) in [7, 11) is 2.49. The topological polar surface area (TPSA) is 211 Å². The Kier molecular flexibility index (Phi) is 10.2. The molecule has 0 aliphatic carbocycles. The van der Waals surface area contributed by atoms with Crippen LogP contribution in [-0.4, -0.2) is 131 Å². The van der Waals surface area contributed by atoms with Gasteiger partial charge in [0.1, 0.15) is 55.4 Å². The van der Waals surface area contributed by atoms with Crippen molar-refractivity contribution in [1.29, 1.82) is 0 Å². The van der Waals surface area contributed by atoms with Gasteiger partial charge in [-0.1, -0.05) is 0 Å². The van der Waals surface area contributed by atoms with Crippen molar-refractivity contribution >= 4 is 11.9 Å². The number of hydrogen-bond donors (Lipinski definition) is 6. The maximum atomic E-state index is 11.7. The molecule has 14 nitrogen and oxygen atoms in total. The fourth-order valence-electron chi connectivity index (χ4n) is 3.18. The number of carbonyl (C=O) groups excluding carboxylic acids is 2. The van der Waals surface area contributed by atoms with Gasteiger partial charge in [0.25, 0.3) is 0 Å². The number of aliphatic hydroxyl groups is 6. The Labute approximate surface area is 183 Å². The molecule has 0 aromatic heterocycles. The van der Waals surface area contributed by atoms with Crippen LogP contribution in [0.5, 0.6) is 0 Å². The Morgan fingerprint density at radius 1 is 0.688 bits per heavy atom. The number of methoxy groups -OCH3 is 2. The lowest BCUT2D eigenvalue weighted by molar-refractivity contribution is -0.376. The molecule has 2 heterocycles. The lowest BCUT2D eigenvalue weighted by Crippen LogP contribution is -2.63. The zero-order chi connectivity index (χ0) is 24.0. The van der Waals surface area contributed by atoms with Crippen LogP contribution >= 0.6 is 0 Å². The van der Waals surface area contributed by atoms with Crippen molar-refractivity contribution in [1.82, 2.24) is 0 Å². The molecule has 0 aromatic rings. The van der Waals surface area contributed by atoms with Crippen molar-refractivity contribution in [3.05, 3.63) is 0 Å². The first-order valence-electron chi connectivity index (χ1n) is 9.86. The van der Waals surface area contributed by atoms with E-state index in [1.165, 1.54) is 7.11 Å². The van der Waals surface area contributed by atoms with Crippen molar-refractivity contribution < 1.29 is 68.6 Å². The number of aliphatic hydroxyl groups excluding tert-OH is 6. The third-order valence-electron chi connectivity index (χ3n) is 5.11. The second-order valence-corrected chi connectivity index (χ2v) is 7.38. The number of rotatable bonds is 9. The van der Waals surface area contributed by atoms with Crippen molar-refractivity contribution in [3.8, 4) is 0 Å². The summed E-state index contributed by atoms with van der Waals surface area (Å²) < 4.78 is 30.3. The molecule has 0 unspecified atom stereocenters. The molecule has 0 spiro atoms. The Hall–Kier alpha value is -1.46. The first-order valence-corrected chi connectivity index (χ1v) is 9.86. The molecule has 2 saturated heterocycles. The second kappa shape index (κ2) is 12.1. The molecule has 0 bridgehead atoms. The fourth-order valence-corrected chi connectivity index (χ4v) is 3.18. The smallest absolute Gasteiger partial charge is 0.306 e. The summed E-state index contributed by atoms with van der Waals surface area (Å²) in [6, 6.07) is 0. The monoisotopic (exact) mass is 470 g/mol. The fraction of sp³-hybridized carbons (Fsp3) is 0.889. The predicted molar refractivity (Wildman–Crippen MR) is 98.5 cm³/mol. The van der Waals surface area contributed by atoms with E-state index in [0.717, 1.165) is 7.11 Å². The quantitative estimate of drug-likeness (QED) is 0.176. The van der Waals surface area contributed by atoms with Crippen LogP contribution in [0.1, 0.15) is 12.8 Å². The summed E-state index contributed by atoms with van der Waals surface area (Å²) >= 11 is 0. The summed E-state index contributed by atoms with van der Waals surface area (Å²) in [6.07, 6.45) is -16.3. The van der Waals surface area contributed by atoms with E-state index in [1.54, 1.807) is 0 Å². The van der Waals surface area contributed by atoms with Gasteiger partial charge < -0.3 is 59.1 Å². The summed E-state index contributed by atoms with van der Waals surface area (Å²) in [5.41, 5.74) is 0. The van der Waals surface area contributed by atoms with Gasteiger partial charge in [0.2, 0.25) is 0 Å². The van der Waals surface area contributed by atoms with Crippen LogP contribution in [0.15, 0.2) is 0 Å². The van der Waals surface area contributed by atoms with Crippen LogP contribution in [0.4, 0.5) is 0 Å². The minimum absolute atomic E-state index is 0.148. The Morgan fingerprint density at radius 2 is 1.16 bits per heavy atom. The highest BCUT2D eigenvalue weighted by molar-refractivity contribution is 5.77. The van der Waals surface area contributed by atoms with Crippen LogP contribution < -0.4 is 0 Å². The van der Waals surface area contributed by atoms with Crippen molar-refractivity contribution in [3.63, 3.8) is 0 Å². The van der Waals surface area contributed by atoms with Crippen molar-refractivity contribution in [2.45, 2.75) is 74.3 Å². The van der Waals surface area contributed by atoms with Gasteiger partial charge in [0.05, 0.1) is 26.6 Å². The summed E-state index contributed by atoms with van der Waals surface area (Å²) in [6.45, 7) is -0.698. The molecule has 14 heteroatoms. The second-order valence-electron chi connectivity index (χ2n) is 7.38. The zero-order valence-corrected chi connectivity index (χ0v) is 17.6. The number of hydrogen-bond acceptors (Lipinski definition) is 14. The third-order valence-corrected chi connectivity index (χ3v) is 5.11. The van der Waals surface area contributed by atoms with E-state index in [4.69, 9.17) is 23.7 Å². The average molecular weight is 470 g/mol. The molecule has 32 heavy (non-hydrogen) atoms. The van der Waals surface area contributed by atoms with Gasteiger partial charge >= 0.3 is 11.9 Å². The van der Waals surface area contributed by atoms with Gasteiger partial charge in [0, 0.05) is 7.11 Å². The van der Waals surface area contributed by atoms with Crippen molar-refractivity contribution in [2.24, 2.45) is 0 Å². The van der Waals surface area contributed by atoms with E-state index in [-0.39, 0.29) is 19.4 Å². The van der Waals surface area contributed by atoms with E-state index in [2.05, 4.69) is 4.74 Å². The largest absolute Gasteiger partial charge is 0.469 e. The van der Waals surface area contributed by atoms with Gasteiger partial charge in [-0.15, -0.1) is 0 Å². The lowest BCUT2D eigenvalue weighted by Gasteiger charge is -2.44. The maximum absolute atomic E-state index is 11.7. The minimum Gasteiger partial charge on any atom is -0.469 e. The number of esters is 2. The highest BCUT2D eigenvalue weighted by Crippen LogP contribution is 2.28. The van der Waals surface area contributed by atoms with Gasteiger partial charge in [-0.3, -0.25) is 9.59 Å². The number of carbonyl (C=O) groups is 2. The SMILES string of the molecule is COC[C@H]1O[C@H](O[C@H]2O[C@H](COC(=O)CCC(=O)OC)[C@@H](O)[C@H](O)[C@H]2O)[C@H](O)[C@@H](O)[C@@H]1O. The molecule has 10 atom stereocenters. The van der Waals surface area contributed by atoms with Gasteiger partial charge in [-0.2, -0.15) is 0 Å². The molecule has 0 amide bonds. The van der Waals surface area contributed by atoms with E-state index in [9.17, 15) is 40.2 Å². The molecule has 0 radical (unpaired) electrons. The lowest BCUT2D eigenvalue weighted by atomic mass is 9.98. The molecule has 2 rings (SSSR count). The summed E-state index contributed by atoms with van der Waals surface area (Å²) in [5.74, 6) is -1.41. The van der Waals surface area contributed by atoms with Crippen LogP contribution in [0.3, 0.4) is 0 Å². The number of ether oxygens (including phenoxy) is 6. The minimum atomic E-state index is -1.79. The molecule has 2 fully saturated rings. The molecule has 186 valence electrons. The maximum Gasteiger partial charge on any atom is 0.306 e. The van der Waals surface area contributed by atoms with Crippen LogP contribution in [0.25, 0.3) is 0 Å². The third kappa shape index (κ3) is 6.54. The van der Waals surface area contributed by atoms with E-state index >= 15 is 0 Å². The average Bonchev–Trinajstić information content (AvgIpc) is 2.78. The Balaban J connectivity index is 1.98. The van der Waals surface area contributed by atoms with Gasteiger partial charge in [-0.05, 0) is 0 Å². The molecule has 0 aromatic carbocycles. The zero-order valence-electron chi connectivity index (χ0n) is 17.6.